The van der Waals surface area contributed by atoms with Gasteiger partial charge in [-0.1, -0.05) is 11.6 Å². The van der Waals surface area contributed by atoms with Gasteiger partial charge in [0.15, 0.2) is 0 Å². The Balaban J connectivity index is 2.19. The minimum Gasteiger partial charge on any atom is -0.485 e. The second-order valence-electron chi connectivity index (χ2n) is 3.94. The largest absolute Gasteiger partial charge is 0.485 e. The monoisotopic (exact) mass is 329 g/mol. The molecule has 0 aliphatic rings. The number of rotatable bonds is 3. The van der Waals surface area contributed by atoms with Gasteiger partial charge in [-0.2, -0.15) is 5.10 Å². The Bertz CT molecular complexity index is 583. The number of benzene rings is 1. The fourth-order valence-electron chi connectivity index (χ4n) is 1.62. The molecule has 0 radical (unpaired) electrons. The number of halogens is 2. The third-order valence-corrected chi connectivity index (χ3v) is 3.87. The minimum atomic E-state index is 0.377. The summed E-state index contributed by atoms with van der Waals surface area (Å²) in [5, 5.41) is 4.89. The van der Waals surface area contributed by atoms with E-state index in [9.17, 15) is 0 Å². The Hall–Kier alpha value is -1.20. The van der Waals surface area contributed by atoms with Crippen molar-refractivity contribution >= 4 is 33.2 Å². The molecule has 1 heterocycles. The number of aromatic nitrogens is 2. The van der Waals surface area contributed by atoms with Gasteiger partial charge in [0, 0.05) is 18.1 Å². The van der Waals surface area contributed by atoms with Crippen LogP contribution in [0, 0.1) is 6.92 Å². The molecule has 0 atom stereocenters. The van der Waals surface area contributed by atoms with Crippen molar-refractivity contribution in [2.45, 2.75) is 13.5 Å². The van der Waals surface area contributed by atoms with Crippen LogP contribution in [0.1, 0.15) is 11.4 Å². The first-order valence-electron chi connectivity index (χ1n) is 5.35. The zero-order valence-corrected chi connectivity index (χ0v) is 12.4. The van der Waals surface area contributed by atoms with Crippen molar-refractivity contribution in [1.82, 2.24) is 9.78 Å². The molecule has 1 aromatic heterocycles. The van der Waals surface area contributed by atoms with Crippen LogP contribution in [0.15, 0.2) is 22.7 Å². The number of hydrogen-bond acceptors (Lipinski definition) is 3. The van der Waals surface area contributed by atoms with E-state index in [4.69, 9.17) is 22.1 Å². The van der Waals surface area contributed by atoms with E-state index in [0.717, 1.165) is 15.9 Å². The standard InChI is InChI=1S/C12H13BrClN3O/c1-7-12(13)10(17(2)16-7)6-18-11-5-8(14)3-4-9(11)15/h3-5H,6,15H2,1-2H3. The van der Waals surface area contributed by atoms with Crippen molar-refractivity contribution in [2.24, 2.45) is 7.05 Å². The second-order valence-corrected chi connectivity index (χ2v) is 5.17. The molecule has 0 bridgehead atoms. The first-order valence-corrected chi connectivity index (χ1v) is 6.52. The van der Waals surface area contributed by atoms with Crippen LogP contribution in [0.25, 0.3) is 0 Å². The average molecular weight is 331 g/mol. The Morgan fingerprint density at radius 3 is 2.83 bits per heavy atom. The highest BCUT2D eigenvalue weighted by atomic mass is 79.9. The normalized spacial score (nSPS) is 10.7. The number of nitrogens with two attached hydrogens (primary N) is 1. The van der Waals surface area contributed by atoms with Crippen LogP contribution in [0.4, 0.5) is 5.69 Å². The molecule has 4 nitrogen and oxygen atoms in total. The third kappa shape index (κ3) is 2.62. The maximum absolute atomic E-state index is 5.90. The lowest BCUT2D eigenvalue weighted by atomic mass is 10.3. The zero-order chi connectivity index (χ0) is 13.3. The highest BCUT2D eigenvalue weighted by Crippen LogP contribution is 2.27. The van der Waals surface area contributed by atoms with Crippen LogP contribution in [-0.2, 0) is 13.7 Å². The van der Waals surface area contributed by atoms with Gasteiger partial charge >= 0.3 is 0 Å². The summed E-state index contributed by atoms with van der Waals surface area (Å²) in [5.41, 5.74) is 8.26. The van der Waals surface area contributed by atoms with Gasteiger partial charge in [-0.05, 0) is 35.0 Å². The number of ether oxygens (including phenoxy) is 1. The van der Waals surface area contributed by atoms with Gasteiger partial charge in [-0.3, -0.25) is 4.68 Å². The first-order chi connectivity index (χ1) is 8.49. The van der Waals surface area contributed by atoms with E-state index >= 15 is 0 Å². The molecule has 0 saturated heterocycles. The van der Waals surface area contributed by atoms with Gasteiger partial charge in [-0.25, -0.2) is 0 Å². The van der Waals surface area contributed by atoms with Crippen LogP contribution < -0.4 is 10.5 Å². The summed E-state index contributed by atoms with van der Waals surface area (Å²) < 4.78 is 8.41. The third-order valence-electron chi connectivity index (χ3n) is 2.60. The van der Waals surface area contributed by atoms with E-state index in [0.29, 0.717) is 23.1 Å². The maximum Gasteiger partial charge on any atom is 0.144 e. The highest BCUT2D eigenvalue weighted by molar-refractivity contribution is 9.10. The zero-order valence-electron chi connectivity index (χ0n) is 10.1. The van der Waals surface area contributed by atoms with Crippen LogP contribution in [-0.4, -0.2) is 9.78 Å². The molecule has 18 heavy (non-hydrogen) atoms. The average Bonchev–Trinajstić information content (AvgIpc) is 2.55. The predicted octanol–water partition coefficient (Wildman–Crippen LogP) is 3.31. The number of hydrogen-bond donors (Lipinski definition) is 1. The van der Waals surface area contributed by atoms with Crippen molar-refractivity contribution < 1.29 is 4.74 Å². The number of nitrogen functional groups attached to an aromatic ring is 1. The fraction of sp³-hybridized carbons (Fsp3) is 0.250. The molecule has 0 unspecified atom stereocenters. The molecule has 6 heteroatoms. The number of aryl methyl sites for hydroxylation is 2. The molecule has 0 spiro atoms. The molecule has 2 aromatic rings. The summed E-state index contributed by atoms with van der Waals surface area (Å²) in [6.45, 7) is 2.31. The SMILES string of the molecule is Cc1nn(C)c(COc2cc(Cl)ccc2N)c1Br. The molecule has 2 N–H and O–H groups in total. The Labute approximate surface area is 119 Å². The molecule has 1 aromatic carbocycles. The minimum absolute atomic E-state index is 0.377. The summed E-state index contributed by atoms with van der Waals surface area (Å²) in [6, 6.07) is 5.16. The van der Waals surface area contributed by atoms with Crippen LogP contribution >= 0.6 is 27.5 Å². The second kappa shape index (κ2) is 5.20. The highest BCUT2D eigenvalue weighted by Gasteiger charge is 2.12. The van der Waals surface area contributed by atoms with Gasteiger partial charge in [0.05, 0.1) is 21.5 Å². The molecule has 0 aliphatic carbocycles. The van der Waals surface area contributed by atoms with Crippen molar-refractivity contribution in [1.29, 1.82) is 0 Å². The van der Waals surface area contributed by atoms with Crippen LogP contribution in [0.5, 0.6) is 5.75 Å². The quantitative estimate of drug-likeness (QED) is 0.879. The van der Waals surface area contributed by atoms with Gasteiger partial charge in [0.25, 0.3) is 0 Å². The lowest BCUT2D eigenvalue weighted by Crippen LogP contribution is -2.04. The lowest BCUT2D eigenvalue weighted by Gasteiger charge is -2.09. The van der Waals surface area contributed by atoms with E-state index in [2.05, 4.69) is 21.0 Å². The molecular formula is C12H13BrClN3O. The molecule has 0 saturated carbocycles. The Kier molecular flexibility index (Phi) is 3.82. The Morgan fingerprint density at radius 1 is 1.50 bits per heavy atom. The van der Waals surface area contributed by atoms with Crippen molar-refractivity contribution in [3.63, 3.8) is 0 Å². The first kappa shape index (κ1) is 13.2. The molecule has 0 fully saturated rings. The van der Waals surface area contributed by atoms with Gasteiger partial charge in [0.2, 0.25) is 0 Å². The van der Waals surface area contributed by atoms with E-state index in [1.165, 1.54) is 0 Å². The Morgan fingerprint density at radius 2 is 2.22 bits per heavy atom. The molecule has 2 rings (SSSR count). The van der Waals surface area contributed by atoms with Gasteiger partial charge in [0.1, 0.15) is 12.4 Å². The summed E-state index contributed by atoms with van der Waals surface area (Å²) in [5.74, 6) is 0.577. The van der Waals surface area contributed by atoms with E-state index in [1.54, 1.807) is 22.9 Å². The number of anilines is 1. The molecule has 96 valence electrons. The van der Waals surface area contributed by atoms with E-state index in [-0.39, 0.29) is 0 Å². The molecular weight excluding hydrogens is 318 g/mol. The van der Waals surface area contributed by atoms with Crippen LogP contribution in [0.2, 0.25) is 5.02 Å². The predicted molar refractivity (Wildman–Crippen MR) is 75.8 cm³/mol. The van der Waals surface area contributed by atoms with Crippen molar-refractivity contribution in [3.05, 3.63) is 39.1 Å². The van der Waals surface area contributed by atoms with Crippen LogP contribution in [0.3, 0.4) is 0 Å². The topological polar surface area (TPSA) is 53.1 Å². The van der Waals surface area contributed by atoms with Crippen molar-refractivity contribution in [3.8, 4) is 5.75 Å². The molecule has 0 aliphatic heterocycles. The summed E-state index contributed by atoms with van der Waals surface area (Å²) in [6.07, 6.45) is 0. The molecule has 0 amide bonds. The summed E-state index contributed by atoms with van der Waals surface area (Å²) >= 11 is 9.39. The fourth-order valence-corrected chi connectivity index (χ4v) is 2.23. The van der Waals surface area contributed by atoms with E-state index < -0.39 is 0 Å². The lowest BCUT2D eigenvalue weighted by molar-refractivity contribution is 0.296. The van der Waals surface area contributed by atoms with E-state index in [1.807, 2.05) is 14.0 Å². The summed E-state index contributed by atoms with van der Waals surface area (Å²) in [7, 11) is 1.87. The number of nitrogens with zero attached hydrogens (tertiary/aromatic N) is 2. The van der Waals surface area contributed by atoms with Gasteiger partial charge < -0.3 is 10.5 Å². The van der Waals surface area contributed by atoms with Crippen molar-refractivity contribution in [2.75, 3.05) is 5.73 Å². The van der Waals surface area contributed by atoms with Gasteiger partial charge in [-0.15, -0.1) is 0 Å². The smallest absolute Gasteiger partial charge is 0.144 e. The maximum atomic E-state index is 5.90. The summed E-state index contributed by atoms with van der Waals surface area (Å²) in [4.78, 5) is 0.